The minimum Gasteiger partial charge on any atom is -0.338 e. The van der Waals surface area contributed by atoms with Gasteiger partial charge in [-0.3, -0.25) is 4.79 Å². The van der Waals surface area contributed by atoms with Crippen LogP contribution in [0.15, 0.2) is 30.3 Å². The molecule has 0 N–H and O–H groups in total. The van der Waals surface area contributed by atoms with Gasteiger partial charge in [-0.1, -0.05) is 12.1 Å². The molecule has 5 heteroatoms. The zero-order valence-electron chi connectivity index (χ0n) is 13.9. The molecule has 4 rings (SSSR count). The van der Waals surface area contributed by atoms with Crippen molar-refractivity contribution in [1.82, 2.24) is 9.88 Å². The third-order valence-corrected chi connectivity index (χ3v) is 6.80. The van der Waals surface area contributed by atoms with Gasteiger partial charge < -0.3 is 4.90 Å². The van der Waals surface area contributed by atoms with E-state index in [-0.39, 0.29) is 5.91 Å². The number of amides is 1. The van der Waals surface area contributed by atoms with E-state index in [4.69, 9.17) is 4.98 Å². The number of hydrogen-bond acceptors (Lipinski definition) is 4. The number of rotatable bonds is 2. The summed E-state index contributed by atoms with van der Waals surface area (Å²) in [5.41, 5.74) is 1.95. The number of thiazole rings is 1. The molecule has 0 unspecified atom stereocenters. The molecule has 3 aromatic rings. The van der Waals surface area contributed by atoms with Crippen molar-refractivity contribution in [3.05, 3.63) is 50.7 Å². The zero-order chi connectivity index (χ0) is 16.7. The van der Waals surface area contributed by atoms with E-state index in [9.17, 15) is 4.79 Å². The Hall–Kier alpha value is -1.72. The molecule has 0 bridgehead atoms. The van der Waals surface area contributed by atoms with Gasteiger partial charge in [-0.2, -0.15) is 0 Å². The summed E-state index contributed by atoms with van der Waals surface area (Å²) in [6.45, 7) is 5.75. The molecule has 1 atom stereocenters. The minimum absolute atomic E-state index is 0.183. The van der Waals surface area contributed by atoms with Crippen LogP contribution in [0.5, 0.6) is 0 Å². The Bertz CT molecular complexity index is 863. The molecule has 0 radical (unpaired) electrons. The van der Waals surface area contributed by atoms with Gasteiger partial charge in [-0.05, 0) is 44.9 Å². The summed E-state index contributed by atoms with van der Waals surface area (Å²) in [4.78, 5) is 22.1. The minimum atomic E-state index is 0.183. The van der Waals surface area contributed by atoms with Gasteiger partial charge in [-0.25, -0.2) is 4.98 Å². The fourth-order valence-corrected chi connectivity index (χ4v) is 5.45. The molecule has 1 aliphatic rings. The molecule has 1 saturated heterocycles. The first-order valence-electron chi connectivity index (χ1n) is 8.33. The highest BCUT2D eigenvalue weighted by Gasteiger charge is 2.28. The number of para-hydroxylation sites is 1. The van der Waals surface area contributed by atoms with Crippen LogP contribution >= 0.6 is 22.7 Å². The highest BCUT2D eigenvalue weighted by Crippen LogP contribution is 2.34. The van der Waals surface area contributed by atoms with Gasteiger partial charge in [0.25, 0.3) is 5.91 Å². The van der Waals surface area contributed by atoms with E-state index in [1.807, 2.05) is 24.0 Å². The first-order chi connectivity index (χ1) is 11.6. The Kier molecular flexibility index (Phi) is 4.14. The van der Waals surface area contributed by atoms with Crippen molar-refractivity contribution in [1.29, 1.82) is 0 Å². The quantitative estimate of drug-likeness (QED) is 0.648. The van der Waals surface area contributed by atoms with Crippen LogP contribution in [0, 0.1) is 13.8 Å². The average molecular weight is 357 g/mol. The molecule has 124 valence electrons. The lowest BCUT2D eigenvalue weighted by Crippen LogP contribution is -2.39. The number of benzene rings is 1. The molecule has 2 aromatic heterocycles. The fourth-order valence-electron chi connectivity index (χ4n) is 3.44. The van der Waals surface area contributed by atoms with Crippen molar-refractivity contribution in [3.63, 3.8) is 0 Å². The molecule has 1 amide bonds. The highest BCUT2D eigenvalue weighted by atomic mass is 32.1. The largest absolute Gasteiger partial charge is 0.338 e. The summed E-state index contributed by atoms with van der Waals surface area (Å²) in [6.07, 6.45) is 2.17. The molecule has 1 fully saturated rings. The number of carbonyl (C=O) groups is 1. The van der Waals surface area contributed by atoms with E-state index in [1.54, 1.807) is 22.7 Å². The fraction of sp³-hybridized carbons (Fsp3) is 0.368. The number of nitrogens with zero attached hydrogens (tertiary/aromatic N) is 2. The Balaban J connectivity index is 1.57. The van der Waals surface area contributed by atoms with E-state index in [0.29, 0.717) is 5.92 Å². The second-order valence-corrected chi connectivity index (χ2v) is 8.96. The third-order valence-electron chi connectivity index (χ3n) is 4.64. The molecule has 1 aliphatic heterocycles. The second kappa shape index (κ2) is 6.30. The Labute approximate surface area is 150 Å². The first kappa shape index (κ1) is 15.8. The van der Waals surface area contributed by atoms with E-state index >= 15 is 0 Å². The molecule has 3 nitrogen and oxygen atoms in total. The number of thiophene rings is 1. The lowest BCUT2D eigenvalue weighted by Gasteiger charge is -2.31. The van der Waals surface area contributed by atoms with Gasteiger partial charge in [0.2, 0.25) is 0 Å². The van der Waals surface area contributed by atoms with Crippen molar-refractivity contribution < 1.29 is 4.79 Å². The monoisotopic (exact) mass is 356 g/mol. The van der Waals surface area contributed by atoms with Gasteiger partial charge in [-0.15, -0.1) is 22.7 Å². The maximum Gasteiger partial charge on any atom is 0.255 e. The average Bonchev–Trinajstić information content (AvgIpc) is 3.17. The third kappa shape index (κ3) is 2.87. The van der Waals surface area contributed by atoms with Gasteiger partial charge in [0, 0.05) is 28.8 Å². The maximum atomic E-state index is 12.9. The molecule has 0 spiro atoms. The van der Waals surface area contributed by atoms with Crippen LogP contribution in [-0.4, -0.2) is 28.9 Å². The van der Waals surface area contributed by atoms with Gasteiger partial charge in [0.05, 0.1) is 20.8 Å². The maximum absolute atomic E-state index is 12.9. The van der Waals surface area contributed by atoms with Gasteiger partial charge >= 0.3 is 0 Å². The Morgan fingerprint density at radius 2 is 2.08 bits per heavy atom. The lowest BCUT2D eigenvalue weighted by molar-refractivity contribution is 0.0707. The summed E-state index contributed by atoms with van der Waals surface area (Å²) >= 11 is 3.48. The standard InChI is InChI=1S/C19H20N2OS2/c1-12-10-15(13(2)23-12)19(22)21-9-5-6-14(11-21)18-20-16-7-3-4-8-17(16)24-18/h3-4,7-8,10,14H,5-6,9,11H2,1-2H3/t14-/m0/s1. The number of fused-ring (bicyclic) bond motifs is 1. The highest BCUT2D eigenvalue weighted by molar-refractivity contribution is 7.18. The zero-order valence-corrected chi connectivity index (χ0v) is 15.5. The summed E-state index contributed by atoms with van der Waals surface area (Å²) in [5.74, 6) is 0.544. The Morgan fingerprint density at radius 3 is 2.83 bits per heavy atom. The number of piperidine rings is 1. The van der Waals surface area contributed by atoms with Crippen molar-refractivity contribution in [2.75, 3.05) is 13.1 Å². The van der Waals surface area contributed by atoms with Crippen molar-refractivity contribution in [2.24, 2.45) is 0 Å². The van der Waals surface area contributed by atoms with Crippen LogP contribution in [0.4, 0.5) is 0 Å². The van der Waals surface area contributed by atoms with Crippen LogP contribution in [0.1, 0.15) is 43.9 Å². The van der Waals surface area contributed by atoms with E-state index < -0.39 is 0 Å². The number of hydrogen-bond donors (Lipinski definition) is 0. The van der Waals surface area contributed by atoms with E-state index in [0.717, 1.165) is 41.9 Å². The number of likely N-dealkylation sites (tertiary alicyclic amines) is 1. The number of carbonyl (C=O) groups excluding carboxylic acids is 1. The van der Waals surface area contributed by atoms with Crippen LogP contribution < -0.4 is 0 Å². The van der Waals surface area contributed by atoms with Crippen LogP contribution in [0.25, 0.3) is 10.2 Å². The molecule has 0 aliphatic carbocycles. The summed E-state index contributed by atoms with van der Waals surface area (Å²) in [5, 5.41) is 1.17. The molecular weight excluding hydrogens is 336 g/mol. The summed E-state index contributed by atoms with van der Waals surface area (Å²) in [7, 11) is 0. The van der Waals surface area contributed by atoms with Gasteiger partial charge in [0.1, 0.15) is 0 Å². The SMILES string of the molecule is Cc1cc(C(=O)N2CCC[C@H](c3nc4ccccc4s3)C2)c(C)s1. The molecule has 24 heavy (non-hydrogen) atoms. The molecule has 0 saturated carbocycles. The van der Waals surface area contributed by atoms with Crippen molar-refractivity contribution in [3.8, 4) is 0 Å². The van der Waals surface area contributed by atoms with Crippen LogP contribution in [0.3, 0.4) is 0 Å². The first-order valence-corrected chi connectivity index (χ1v) is 9.97. The molecule has 3 heterocycles. The van der Waals surface area contributed by atoms with Crippen molar-refractivity contribution >= 4 is 38.8 Å². The number of aryl methyl sites for hydroxylation is 2. The predicted molar refractivity (Wildman–Crippen MR) is 101 cm³/mol. The van der Waals surface area contributed by atoms with Gasteiger partial charge in [0.15, 0.2) is 0 Å². The van der Waals surface area contributed by atoms with Crippen molar-refractivity contribution in [2.45, 2.75) is 32.6 Å². The Morgan fingerprint density at radius 1 is 1.25 bits per heavy atom. The second-order valence-electron chi connectivity index (χ2n) is 6.44. The van der Waals surface area contributed by atoms with E-state index in [1.165, 1.54) is 14.6 Å². The topological polar surface area (TPSA) is 33.2 Å². The molecule has 1 aromatic carbocycles. The smallest absolute Gasteiger partial charge is 0.255 e. The predicted octanol–water partition coefficient (Wildman–Crippen LogP) is 4.99. The molecular formula is C19H20N2OS2. The van der Waals surface area contributed by atoms with Crippen LogP contribution in [-0.2, 0) is 0 Å². The summed E-state index contributed by atoms with van der Waals surface area (Å²) < 4.78 is 1.24. The summed E-state index contributed by atoms with van der Waals surface area (Å²) in [6, 6.07) is 10.3. The number of aromatic nitrogens is 1. The normalized spacial score (nSPS) is 18.2. The lowest BCUT2D eigenvalue weighted by atomic mass is 9.98. The van der Waals surface area contributed by atoms with E-state index in [2.05, 4.69) is 25.1 Å². The van der Waals surface area contributed by atoms with Crippen LogP contribution in [0.2, 0.25) is 0 Å².